The Bertz CT molecular complexity index is 497. The van der Waals surface area contributed by atoms with Gasteiger partial charge in [0.15, 0.2) is 6.10 Å². The molecule has 1 aliphatic heterocycles. The Morgan fingerprint density at radius 3 is 2.38 bits per heavy atom. The van der Waals surface area contributed by atoms with Gasteiger partial charge in [-0.2, -0.15) is 0 Å². The Morgan fingerprint density at radius 1 is 1.19 bits per heavy atom. The molecule has 1 heterocycles. The number of amides is 2. The van der Waals surface area contributed by atoms with Crippen LogP contribution in [0.3, 0.4) is 0 Å². The summed E-state index contributed by atoms with van der Waals surface area (Å²) in [5, 5.41) is 22.4. The van der Waals surface area contributed by atoms with Crippen LogP contribution in [0.2, 0.25) is 0 Å². The first kappa shape index (κ1) is 15.1. The lowest BCUT2D eigenvalue weighted by molar-refractivity contribution is -0.146. The van der Waals surface area contributed by atoms with Crippen LogP contribution in [0.15, 0.2) is 24.3 Å². The summed E-state index contributed by atoms with van der Waals surface area (Å²) in [6.07, 6.45) is 0.802. The maximum Gasteiger partial charge on any atom is 0.334 e. The number of hydrogen-bond donors (Lipinski definition) is 4. The second kappa shape index (κ2) is 6.94. The van der Waals surface area contributed by atoms with Crippen LogP contribution in [-0.4, -0.2) is 48.0 Å². The highest BCUT2D eigenvalue weighted by Crippen LogP contribution is 2.21. The number of anilines is 2. The molecule has 21 heavy (non-hydrogen) atoms. The highest BCUT2D eigenvalue weighted by atomic mass is 16.4. The molecular formula is C14H19N3O4. The summed E-state index contributed by atoms with van der Waals surface area (Å²) in [5.41, 5.74) is 1.74. The first-order valence-electron chi connectivity index (χ1n) is 6.87. The fraction of sp³-hybridized carbons (Fsp3) is 0.429. The predicted molar refractivity (Wildman–Crippen MR) is 78.6 cm³/mol. The van der Waals surface area contributed by atoms with Crippen molar-refractivity contribution in [3.8, 4) is 0 Å². The summed E-state index contributed by atoms with van der Waals surface area (Å²) < 4.78 is 0. The minimum absolute atomic E-state index is 0.340. The molecule has 0 aliphatic carbocycles. The second-order valence-electron chi connectivity index (χ2n) is 4.93. The summed E-state index contributed by atoms with van der Waals surface area (Å²) in [4.78, 5) is 24.2. The van der Waals surface area contributed by atoms with E-state index in [9.17, 15) is 9.59 Å². The topological polar surface area (TPSA) is 102 Å². The molecule has 1 atom stereocenters. The molecule has 1 aromatic rings. The van der Waals surface area contributed by atoms with Crippen molar-refractivity contribution in [3.05, 3.63) is 24.3 Å². The molecule has 7 nitrogen and oxygen atoms in total. The molecule has 1 aromatic carbocycles. The number of nitrogens with zero attached hydrogens (tertiary/aromatic N) is 1. The van der Waals surface area contributed by atoms with Gasteiger partial charge in [0, 0.05) is 24.5 Å². The highest BCUT2D eigenvalue weighted by molar-refractivity contribution is 5.89. The number of carboxylic acids is 1. The van der Waals surface area contributed by atoms with Gasteiger partial charge >= 0.3 is 12.0 Å². The lowest BCUT2D eigenvalue weighted by Crippen LogP contribution is -2.38. The molecule has 0 aromatic heterocycles. The van der Waals surface area contributed by atoms with Crippen LogP contribution < -0.4 is 15.5 Å². The molecule has 1 aliphatic rings. The Morgan fingerprint density at radius 2 is 1.81 bits per heavy atom. The minimum atomic E-state index is -1.60. The average molecular weight is 293 g/mol. The van der Waals surface area contributed by atoms with Crippen molar-refractivity contribution in [1.29, 1.82) is 0 Å². The Balaban J connectivity index is 1.82. The van der Waals surface area contributed by atoms with Gasteiger partial charge in [-0.3, -0.25) is 0 Å². The van der Waals surface area contributed by atoms with Crippen LogP contribution in [0.5, 0.6) is 0 Å². The van der Waals surface area contributed by atoms with Crippen molar-refractivity contribution in [3.63, 3.8) is 0 Å². The number of carboxylic acid groups (broad SMARTS) is 1. The van der Waals surface area contributed by atoms with E-state index in [0.29, 0.717) is 5.69 Å². The molecule has 2 rings (SSSR count). The van der Waals surface area contributed by atoms with Gasteiger partial charge in [-0.25, -0.2) is 9.59 Å². The standard InChI is InChI=1S/C14H19N3O4/c18-12(13(19)20)9-15-14(21)16-10-3-5-11(6-4-10)17-7-1-2-8-17/h3-6,12,18H,1-2,7-9H2,(H,19,20)(H2,15,16,21)/t12-/m0/s1. The number of aliphatic carboxylic acids is 1. The van der Waals surface area contributed by atoms with Gasteiger partial charge in [-0.05, 0) is 37.1 Å². The Kier molecular flexibility index (Phi) is 4.99. The van der Waals surface area contributed by atoms with E-state index in [1.54, 1.807) is 12.1 Å². The summed E-state index contributed by atoms with van der Waals surface area (Å²) in [6, 6.07) is 6.91. The largest absolute Gasteiger partial charge is 0.479 e. The van der Waals surface area contributed by atoms with Gasteiger partial charge in [-0.15, -0.1) is 0 Å². The Hall–Kier alpha value is -2.28. The molecule has 2 amide bonds. The van der Waals surface area contributed by atoms with Gasteiger partial charge in [0.1, 0.15) is 0 Å². The predicted octanol–water partition coefficient (Wildman–Crippen LogP) is 0.854. The Labute approximate surface area is 122 Å². The zero-order chi connectivity index (χ0) is 15.2. The molecule has 0 bridgehead atoms. The number of aliphatic hydroxyl groups excluding tert-OH is 1. The van der Waals surface area contributed by atoms with Crippen molar-refractivity contribution in [1.82, 2.24) is 5.32 Å². The third kappa shape index (κ3) is 4.35. The average Bonchev–Trinajstić information content (AvgIpc) is 2.99. The van der Waals surface area contributed by atoms with Crippen LogP contribution in [0.1, 0.15) is 12.8 Å². The van der Waals surface area contributed by atoms with E-state index in [-0.39, 0.29) is 6.54 Å². The third-order valence-electron chi connectivity index (χ3n) is 3.34. The normalized spacial score (nSPS) is 15.6. The lowest BCUT2D eigenvalue weighted by atomic mass is 10.2. The molecule has 7 heteroatoms. The lowest BCUT2D eigenvalue weighted by Gasteiger charge is -2.17. The first-order valence-corrected chi connectivity index (χ1v) is 6.87. The van der Waals surface area contributed by atoms with E-state index in [2.05, 4.69) is 15.5 Å². The molecule has 0 spiro atoms. The molecule has 4 N–H and O–H groups in total. The number of benzene rings is 1. The van der Waals surface area contributed by atoms with Crippen LogP contribution >= 0.6 is 0 Å². The second-order valence-corrected chi connectivity index (χ2v) is 4.93. The van der Waals surface area contributed by atoms with Crippen molar-refractivity contribution in [2.75, 3.05) is 29.9 Å². The monoisotopic (exact) mass is 293 g/mol. The smallest absolute Gasteiger partial charge is 0.334 e. The molecule has 1 saturated heterocycles. The van der Waals surface area contributed by atoms with E-state index >= 15 is 0 Å². The molecular weight excluding hydrogens is 274 g/mol. The van der Waals surface area contributed by atoms with Gasteiger partial charge < -0.3 is 25.7 Å². The van der Waals surface area contributed by atoms with E-state index in [4.69, 9.17) is 10.2 Å². The summed E-state index contributed by atoms with van der Waals surface area (Å²) in [7, 11) is 0. The van der Waals surface area contributed by atoms with Crippen LogP contribution in [-0.2, 0) is 4.79 Å². The van der Waals surface area contributed by atoms with Crippen molar-refractivity contribution < 1.29 is 19.8 Å². The summed E-state index contributed by atoms with van der Waals surface area (Å²) >= 11 is 0. The maximum atomic E-state index is 11.5. The van der Waals surface area contributed by atoms with Gasteiger partial charge in [0.05, 0.1) is 6.54 Å². The van der Waals surface area contributed by atoms with Gasteiger partial charge in [-0.1, -0.05) is 0 Å². The van der Waals surface area contributed by atoms with E-state index in [1.807, 2.05) is 12.1 Å². The zero-order valence-electron chi connectivity index (χ0n) is 11.6. The number of rotatable bonds is 5. The van der Waals surface area contributed by atoms with Crippen molar-refractivity contribution >= 4 is 23.4 Å². The molecule has 0 saturated carbocycles. The van der Waals surface area contributed by atoms with Crippen LogP contribution in [0.4, 0.5) is 16.2 Å². The number of hydrogen-bond acceptors (Lipinski definition) is 4. The third-order valence-corrected chi connectivity index (χ3v) is 3.34. The van der Waals surface area contributed by atoms with Crippen molar-refractivity contribution in [2.45, 2.75) is 18.9 Å². The molecule has 0 radical (unpaired) electrons. The zero-order valence-corrected chi connectivity index (χ0v) is 11.6. The van der Waals surface area contributed by atoms with Crippen LogP contribution in [0.25, 0.3) is 0 Å². The fourth-order valence-corrected chi connectivity index (χ4v) is 2.18. The van der Waals surface area contributed by atoms with E-state index < -0.39 is 18.1 Å². The summed E-state index contributed by atoms with van der Waals surface area (Å²) in [5.74, 6) is -1.37. The highest BCUT2D eigenvalue weighted by Gasteiger charge is 2.14. The quantitative estimate of drug-likeness (QED) is 0.645. The number of nitrogens with one attached hydrogen (secondary N) is 2. The molecule has 114 valence electrons. The van der Waals surface area contributed by atoms with E-state index in [1.165, 1.54) is 12.8 Å². The first-order chi connectivity index (χ1) is 10.1. The van der Waals surface area contributed by atoms with Gasteiger partial charge in [0.2, 0.25) is 0 Å². The molecule has 0 unspecified atom stereocenters. The number of aliphatic hydroxyl groups is 1. The maximum absolute atomic E-state index is 11.5. The number of urea groups is 1. The number of carbonyl (C=O) groups is 2. The molecule has 1 fully saturated rings. The van der Waals surface area contributed by atoms with E-state index in [0.717, 1.165) is 18.8 Å². The SMILES string of the molecule is O=C(NC[C@H](O)C(=O)O)Nc1ccc(N2CCCC2)cc1. The van der Waals surface area contributed by atoms with Gasteiger partial charge in [0.25, 0.3) is 0 Å². The fourth-order valence-electron chi connectivity index (χ4n) is 2.18. The van der Waals surface area contributed by atoms with Crippen molar-refractivity contribution in [2.24, 2.45) is 0 Å². The van der Waals surface area contributed by atoms with Crippen LogP contribution in [0, 0.1) is 0 Å². The minimum Gasteiger partial charge on any atom is -0.479 e. The summed E-state index contributed by atoms with van der Waals surface area (Å²) in [6.45, 7) is 1.77. The number of carbonyl (C=O) groups excluding carboxylic acids is 1.